The van der Waals surface area contributed by atoms with Gasteiger partial charge in [-0.1, -0.05) is 13.8 Å². The SMILES string of the molecule is COc1cc(OC)cc(C(=O)NC(C(=O)NCC2CNCC2O)C(C)C)c1.Cl. The Kier molecular flexibility index (Phi) is 9.51. The van der Waals surface area contributed by atoms with Crippen molar-refractivity contribution < 1.29 is 24.2 Å². The molecule has 0 spiro atoms. The Labute approximate surface area is 171 Å². The maximum Gasteiger partial charge on any atom is 0.252 e. The Bertz CT molecular complexity index is 649. The predicted octanol–water partition coefficient (Wildman–Crippen LogP) is 0.577. The van der Waals surface area contributed by atoms with Gasteiger partial charge < -0.3 is 30.5 Å². The lowest BCUT2D eigenvalue weighted by Gasteiger charge is -2.23. The number of amides is 2. The van der Waals surface area contributed by atoms with E-state index in [1.165, 1.54) is 14.2 Å². The second-order valence-corrected chi connectivity index (χ2v) is 7.03. The number of carbonyl (C=O) groups is 2. The summed E-state index contributed by atoms with van der Waals surface area (Å²) < 4.78 is 10.4. The highest BCUT2D eigenvalue weighted by Crippen LogP contribution is 2.22. The van der Waals surface area contributed by atoms with Crippen LogP contribution in [0.5, 0.6) is 11.5 Å². The first kappa shape index (κ1) is 24.0. The molecule has 0 radical (unpaired) electrons. The molecule has 28 heavy (non-hydrogen) atoms. The summed E-state index contributed by atoms with van der Waals surface area (Å²) in [4.78, 5) is 25.2. The summed E-state index contributed by atoms with van der Waals surface area (Å²) in [6.45, 7) is 5.27. The van der Waals surface area contributed by atoms with Crippen LogP contribution < -0.4 is 25.4 Å². The van der Waals surface area contributed by atoms with Crippen molar-refractivity contribution in [3.05, 3.63) is 23.8 Å². The van der Waals surface area contributed by atoms with Crippen LogP contribution in [0.3, 0.4) is 0 Å². The van der Waals surface area contributed by atoms with Gasteiger partial charge in [0.25, 0.3) is 5.91 Å². The molecule has 4 N–H and O–H groups in total. The number of hydrogen-bond acceptors (Lipinski definition) is 6. The highest BCUT2D eigenvalue weighted by atomic mass is 35.5. The molecule has 1 aromatic carbocycles. The Morgan fingerprint density at radius 1 is 1.18 bits per heavy atom. The standard InChI is InChI=1S/C19H29N3O5.ClH/c1-11(2)17(19(25)21-9-13-8-20-10-16(13)23)22-18(24)12-5-14(26-3)7-15(6-12)27-4;/h5-7,11,13,16-17,20,23H,8-10H2,1-4H3,(H,21,25)(H,22,24);1H. The molecule has 8 nitrogen and oxygen atoms in total. The molecular formula is C19H30ClN3O5. The third kappa shape index (κ3) is 6.25. The van der Waals surface area contributed by atoms with Crippen LogP contribution in [0.4, 0.5) is 0 Å². The molecule has 0 aromatic heterocycles. The first-order valence-electron chi connectivity index (χ1n) is 9.06. The fraction of sp³-hybridized carbons (Fsp3) is 0.579. The fourth-order valence-electron chi connectivity index (χ4n) is 2.97. The third-order valence-electron chi connectivity index (χ3n) is 4.69. The first-order valence-corrected chi connectivity index (χ1v) is 9.06. The average Bonchev–Trinajstić information content (AvgIpc) is 3.07. The van der Waals surface area contributed by atoms with Crippen LogP contribution in [0, 0.1) is 11.8 Å². The van der Waals surface area contributed by atoms with Crippen molar-refractivity contribution in [1.29, 1.82) is 0 Å². The van der Waals surface area contributed by atoms with Crippen molar-refractivity contribution in [3.8, 4) is 11.5 Å². The van der Waals surface area contributed by atoms with Crippen LogP contribution in [-0.4, -0.2) is 62.9 Å². The largest absolute Gasteiger partial charge is 0.497 e. The fourth-order valence-corrected chi connectivity index (χ4v) is 2.97. The highest BCUT2D eigenvalue weighted by Gasteiger charge is 2.28. The van der Waals surface area contributed by atoms with Crippen molar-refractivity contribution in [2.24, 2.45) is 11.8 Å². The Morgan fingerprint density at radius 3 is 2.25 bits per heavy atom. The maximum absolute atomic E-state index is 12.7. The van der Waals surface area contributed by atoms with Crippen molar-refractivity contribution in [2.45, 2.75) is 26.0 Å². The van der Waals surface area contributed by atoms with Crippen LogP contribution >= 0.6 is 12.4 Å². The molecule has 158 valence electrons. The number of carbonyl (C=O) groups excluding carboxylic acids is 2. The van der Waals surface area contributed by atoms with E-state index in [-0.39, 0.29) is 36.1 Å². The van der Waals surface area contributed by atoms with E-state index in [0.29, 0.717) is 36.7 Å². The summed E-state index contributed by atoms with van der Waals surface area (Å²) in [5.74, 6) is 0.199. The first-order chi connectivity index (χ1) is 12.8. The third-order valence-corrected chi connectivity index (χ3v) is 4.69. The van der Waals surface area contributed by atoms with Crippen LogP contribution in [0.1, 0.15) is 24.2 Å². The van der Waals surface area contributed by atoms with Gasteiger partial charge in [-0.15, -0.1) is 12.4 Å². The van der Waals surface area contributed by atoms with Crippen LogP contribution in [-0.2, 0) is 4.79 Å². The molecule has 1 aromatic rings. The quantitative estimate of drug-likeness (QED) is 0.494. The molecule has 9 heteroatoms. The molecule has 0 saturated carbocycles. The zero-order valence-corrected chi connectivity index (χ0v) is 17.5. The number of ether oxygens (including phenoxy) is 2. The monoisotopic (exact) mass is 415 g/mol. The van der Waals surface area contributed by atoms with E-state index >= 15 is 0 Å². The molecule has 3 atom stereocenters. The second kappa shape index (κ2) is 11.1. The number of aliphatic hydroxyl groups excluding tert-OH is 1. The van der Waals surface area contributed by atoms with Crippen molar-refractivity contribution in [3.63, 3.8) is 0 Å². The minimum atomic E-state index is -0.693. The summed E-state index contributed by atoms with van der Waals surface area (Å²) in [5.41, 5.74) is 0.347. The minimum absolute atomic E-state index is 0. The lowest BCUT2D eigenvalue weighted by Crippen LogP contribution is -2.51. The van der Waals surface area contributed by atoms with Crippen LogP contribution in [0.2, 0.25) is 0 Å². The van der Waals surface area contributed by atoms with Crippen LogP contribution in [0.25, 0.3) is 0 Å². The second-order valence-electron chi connectivity index (χ2n) is 7.03. The molecule has 1 heterocycles. The summed E-state index contributed by atoms with van der Waals surface area (Å²) in [6, 6.07) is 4.16. The van der Waals surface area contributed by atoms with Crippen molar-refractivity contribution >= 4 is 24.2 Å². The summed E-state index contributed by atoms with van der Waals surface area (Å²) in [7, 11) is 3.01. The van der Waals surface area contributed by atoms with E-state index in [1.54, 1.807) is 18.2 Å². The van der Waals surface area contributed by atoms with Gasteiger partial charge >= 0.3 is 0 Å². The molecule has 2 rings (SSSR count). The Hall–Kier alpha value is -2.03. The molecule has 1 aliphatic rings. The average molecular weight is 416 g/mol. The number of nitrogens with one attached hydrogen (secondary N) is 3. The summed E-state index contributed by atoms with van der Waals surface area (Å²) >= 11 is 0. The van der Waals surface area contributed by atoms with Gasteiger partial charge in [-0.2, -0.15) is 0 Å². The summed E-state index contributed by atoms with van der Waals surface area (Å²) in [6.07, 6.45) is -0.471. The van der Waals surface area contributed by atoms with Gasteiger partial charge in [0.2, 0.25) is 5.91 Å². The maximum atomic E-state index is 12.7. The molecule has 0 aliphatic carbocycles. The summed E-state index contributed by atoms with van der Waals surface area (Å²) in [5, 5.41) is 18.5. The number of hydrogen-bond donors (Lipinski definition) is 4. The predicted molar refractivity (Wildman–Crippen MR) is 108 cm³/mol. The van der Waals surface area contributed by atoms with Gasteiger partial charge in [-0.3, -0.25) is 9.59 Å². The Balaban J connectivity index is 0.00000392. The molecule has 1 saturated heterocycles. The molecule has 3 unspecified atom stereocenters. The van der Waals surface area contributed by atoms with Gasteiger partial charge in [0.15, 0.2) is 0 Å². The zero-order valence-electron chi connectivity index (χ0n) is 16.7. The lowest BCUT2D eigenvalue weighted by atomic mass is 10.0. The zero-order chi connectivity index (χ0) is 20.0. The normalized spacial score (nSPS) is 19.5. The topological polar surface area (TPSA) is 109 Å². The van der Waals surface area contributed by atoms with Gasteiger partial charge in [0.1, 0.15) is 17.5 Å². The van der Waals surface area contributed by atoms with E-state index in [0.717, 1.165) is 0 Å². The number of rotatable bonds is 8. The van der Waals surface area contributed by atoms with E-state index in [2.05, 4.69) is 16.0 Å². The molecule has 0 bridgehead atoms. The van der Waals surface area contributed by atoms with Crippen LogP contribution in [0.15, 0.2) is 18.2 Å². The number of methoxy groups -OCH3 is 2. The van der Waals surface area contributed by atoms with E-state index in [1.807, 2.05) is 13.8 Å². The minimum Gasteiger partial charge on any atom is -0.497 e. The lowest BCUT2D eigenvalue weighted by molar-refractivity contribution is -0.124. The number of β-amino-alcohol motifs (C(OH)–C–C–N with tert-alkyl or cyclic N) is 1. The number of benzene rings is 1. The smallest absolute Gasteiger partial charge is 0.252 e. The van der Waals surface area contributed by atoms with E-state index in [4.69, 9.17) is 9.47 Å². The molecular weight excluding hydrogens is 386 g/mol. The van der Waals surface area contributed by atoms with E-state index in [9.17, 15) is 14.7 Å². The van der Waals surface area contributed by atoms with Crippen molar-refractivity contribution in [2.75, 3.05) is 33.9 Å². The van der Waals surface area contributed by atoms with Crippen molar-refractivity contribution in [1.82, 2.24) is 16.0 Å². The highest BCUT2D eigenvalue weighted by molar-refractivity contribution is 5.98. The molecule has 2 amide bonds. The van der Waals surface area contributed by atoms with Gasteiger partial charge in [-0.05, 0) is 18.1 Å². The molecule has 1 fully saturated rings. The van der Waals surface area contributed by atoms with Gasteiger partial charge in [0, 0.05) is 37.2 Å². The Morgan fingerprint density at radius 2 is 1.79 bits per heavy atom. The van der Waals surface area contributed by atoms with Gasteiger partial charge in [-0.25, -0.2) is 0 Å². The molecule has 1 aliphatic heterocycles. The number of aliphatic hydroxyl groups is 1. The number of halogens is 1. The van der Waals surface area contributed by atoms with E-state index < -0.39 is 12.1 Å². The van der Waals surface area contributed by atoms with Gasteiger partial charge in [0.05, 0.1) is 20.3 Å².